The first-order chi connectivity index (χ1) is 16.7. The number of aliphatic imine (C=N–C) groups is 1. The fourth-order valence-electron chi connectivity index (χ4n) is 3.70. The molecule has 0 saturated carbocycles. The lowest BCUT2D eigenvalue weighted by Crippen LogP contribution is -2.35. The number of benzene rings is 4. The Morgan fingerprint density at radius 2 is 1.56 bits per heavy atom. The highest BCUT2D eigenvalue weighted by atomic mass is 35.5. The number of guanidine groups is 1. The summed E-state index contributed by atoms with van der Waals surface area (Å²) in [5.41, 5.74) is 5.18. The molecule has 166 valence electrons. The predicted octanol–water partition coefficient (Wildman–Crippen LogP) is 7.02. The topological polar surface area (TPSA) is 69.3 Å². The van der Waals surface area contributed by atoms with Crippen molar-refractivity contribution in [3.8, 4) is 11.1 Å². The highest BCUT2D eigenvalue weighted by molar-refractivity contribution is 6.31. The van der Waals surface area contributed by atoms with E-state index in [-0.39, 0.29) is 5.91 Å². The van der Waals surface area contributed by atoms with Crippen LogP contribution in [0.25, 0.3) is 22.0 Å². The van der Waals surface area contributed by atoms with E-state index in [4.69, 9.17) is 16.6 Å². The molecule has 1 amide bonds. The fraction of sp³-hybridized carbons (Fsp3) is 0. The summed E-state index contributed by atoms with van der Waals surface area (Å²) >= 11 is 6.07. The van der Waals surface area contributed by atoms with Crippen LogP contribution in [-0.2, 0) is 0 Å². The zero-order chi connectivity index (χ0) is 23.3. The highest BCUT2D eigenvalue weighted by Crippen LogP contribution is 2.26. The first-order valence-corrected chi connectivity index (χ1v) is 11.2. The van der Waals surface area contributed by atoms with Gasteiger partial charge in [-0.25, -0.2) is 4.99 Å². The van der Waals surface area contributed by atoms with E-state index in [1.165, 1.54) is 0 Å². The molecule has 0 atom stereocenters. The van der Waals surface area contributed by atoms with Gasteiger partial charge in [0, 0.05) is 33.4 Å². The lowest BCUT2D eigenvalue weighted by molar-refractivity contribution is 0.0977. The Morgan fingerprint density at radius 3 is 2.35 bits per heavy atom. The summed E-state index contributed by atoms with van der Waals surface area (Å²) in [5, 5.41) is 7.59. The average molecular weight is 465 g/mol. The quantitative estimate of drug-likeness (QED) is 0.197. The summed E-state index contributed by atoms with van der Waals surface area (Å²) in [7, 11) is 0. The van der Waals surface area contributed by atoms with Crippen molar-refractivity contribution >= 4 is 45.7 Å². The summed E-state index contributed by atoms with van der Waals surface area (Å²) in [5.74, 6) is 0.00189. The standard InChI is InChI=1S/C28H21ClN4O/c29-22-9-4-8-21(18-22)27(34)33-28(32-26-11-5-10-25-24(26)16-17-30-25)31-23-14-12-20(13-15-23)19-6-2-1-3-7-19/h1-18,30H,(H2,31,32,33,34). The van der Waals surface area contributed by atoms with Gasteiger partial charge in [-0.15, -0.1) is 0 Å². The predicted molar refractivity (Wildman–Crippen MR) is 140 cm³/mol. The molecule has 5 nitrogen and oxygen atoms in total. The van der Waals surface area contributed by atoms with E-state index in [0.29, 0.717) is 16.5 Å². The molecule has 0 aliphatic rings. The molecule has 4 aromatic carbocycles. The van der Waals surface area contributed by atoms with Crippen molar-refractivity contribution in [3.63, 3.8) is 0 Å². The minimum Gasteiger partial charge on any atom is -0.361 e. The van der Waals surface area contributed by atoms with Crippen molar-refractivity contribution in [2.45, 2.75) is 0 Å². The summed E-state index contributed by atoms with van der Waals surface area (Å²) in [6, 6.07) is 32.7. The van der Waals surface area contributed by atoms with Crippen molar-refractivity contribution in [2.24, 2.45) is 4.99 Å². The largest absolute Gasteiger partial charge is 0.361 e. The summed E-state index contributed by atoms with van der Waals surface area (Å²) in [6.45, 7) is 0. The number of hydrogen-bond acceptors (Lipinski definition) is 2. The van der Waals surface area contributed by atoms with Gasteiger partial charge in [-0.2, -0.15) is 0 Å². The van der Waals surface area contributed by atoms with Crippen LogP contribution < -0.4 is 10.6 Å². The average Bonchev–Trinajstić information content (AvgIpc) is 3.35. The van der Waals surface area contributed by atoms with E-state index in [1.807, 2.05) is 72.9 Å². The Hall–Kier alpha value is -4.35. The van der Waals surface area contributed by atoms with Crippen molar-refractivity contribution < 1.29 is 4.79 Å². The minimum absolute atomic E-state index is 0.309. The highest BCUT2D eigenvalue weighted by Gasteiger charge is 2.11. The third kappa shape index (κ3) is 4.85. The molecule has 0 aliphatic carbocycles. The van der Waals surface area contributed by atoms with Crippen LogP contribution in [0.5, 0.6) is 0 Å². The lowest BCUT2D eigenvalue weighted by Gasteiger charge is -2.13. The van der Waals surface area contributed by atoms with Crippen molar-refractivity contribution in [1.82, 2.24) is 10.3 Å². The second kappa shape index (κ2) is 9.65. The molecule has 34 heavy (non-hydrogen) atoms. The number of nitrogens with one attached hydrogen (secondary N) is 3. The van der Waals surface area contributed by atoms with Crippen LogP contribution in [0, 0.1) is 0 Å². The molecule has 1 aromatic heterocycles. The number of halogens is 1. The molecule has 1 heterocycles. The van der Waals surface area contributed by atoms with E-state index >= 15 is 0 Å². The monoisotopic (exact) mass is 464 g/mol. The Labute approximate surface area is 202 Å². The number of anilines is 1. The van der Waals surface area contributed by atoms with E-state index < -0.39 is 0 Å². The van der Waals surface area contributed by atoms with Gasteiger partial charge in [0.15, 0.2) is 0 Å². The molecule has 0 saturated heterocycles. The molecule has 0 aliphatic heterocycles. The van der Waals surface area contributed by atoms with Gasteiger partial charge >= 0.3 is 0 Å². The number of carbonyl (C=O) groups excluding carboxylic acids is 1. The maximum absolute atomic E-state index is 12.9. The SMILES string of the molecule is O=C(NC(=Nc1cccc2[nH]ccc12)Nc1ccc(-c2ccccc2)cc1)c1cccc(Cl)c1. The van der Waals surface area contributed by atoms with E-state index in [1.54, 1.807) is 24.3 Å². The van der Waals surface area contributed by atoms with Gasteiger partial charge in [-0.1, -0.05) is 66.2 Å². The molecule has 0 bridgehead atoms. The van der Waals surface area contributed by atoms with Gasteiger partial charge < -0.3 is 10.3 Å². The van der Waals surface area contributed by atoms with Crippen LogP contribution in [0.2, 0.25) is 5.02 Å². The van der Waals surface area contributed by atoms with Gasteiger partial charge in [-0.3, -0.25) is 10.1 Å². The van der Waals surface area contributed by atoms with Crippen molar-refractivity contribution in [1.29, 1.82) is 0 Å². The van der Waals surface area contributed by atoms with Crippen LogP contribution in [0.4, 0.5) is 11.4 Å². The number of hydrogen-bond donors (Lipinski definition) is 3. The molecule has 5 aromatic rings. The van der Waals surface area contributed by atoms with Crippen LogP contribution in [0.1, 0.15) is 10.4 Å². The first-order valence-electron chi connectivity index (χ1n) is 10.8. The van der Waals surface area contributed by atoms with Gasteiger partial charge in [-0.05, 0) is 59.7 Å². The number of rotatable bonds is 4. The number of H-pyrrole nitrogens is 1. The summed E-state index contributed by atoms with van der Waals surface area (Å²) in [6.07, 6.45) is 1.86. The van der Waals surface area contributed by atoms with E-state index in [2.05, 4.69) is 27.8 Å². The van der Waals surface area contributed by atoms with Gasteiger partial charge in [0.05, 0.1) is 5.69 Å². The normalized spacial score (nSPS) is 11.4. The van der Waals surface area contributed by atoms with Crippen molar-refractivity contribution in [2.75, 3.05) is 5.32 Å². The first kappa shape index (κ1) is 21.5. The maximum Gasteiger partial charge on any atom is 0.258 e. The molecule has 0 spiro atoms. The van der Waals surface area contributed by atoms with Gasteiger partial charge in [0.2, 0.25) is 5.96 Å². The van der Waals surface area contributed by atoms with Crippen LogP contribution in [-0.4, -0.2) is 16.9 Å². The molecular weight excluding hydrogens is 444 g/mol. The second-order valence-corrected chi connectivity index (χ2v) is 8.15. The van der Waals surface area contributed by atoms with Crippen LogP contribution in [0.3, 0.4) is 0 Å². The molecular formula is C28H21ClN4O. The maximum atomic E-state index is 12.9. The van der Waals surface area contributed by atoms with Crippen LogP contribution >= 0.6 is 11.6 Å². The Bertz CT molecular complexity index is 1470. The molecule has 0 unspecified atom stereocenters. The second-order valence-electron chi connectivity index (χ2n) is 7.71. The van der Waals surface area contributed by atoms with Gasteiger partial charge in [0.25, 0.3) is 5.91 Å². The molecule has 0 radical (unpaired) electrons. The van der Waals surface area contributed by atoms with Crippen molar-refractivity contribution in [3.05, 3.63) is 120 Å². The number of nitrogens with zero attached hydrogens (tertiary/aromatic N) is 1. The third-order valence-electron chi connectivity index (χ3n) is 5.38. The summed E-state index contributed by atoms with van der Waals surface area (Å²) < 4.78 is 0. The third-order valence-corrected chi connectivity index (χ3v) is 5.61. The number of fused-ring (bicyclic) bond motifs is 1. The smallest absolute Gasteiger partial charge is 0.258 e. The van der Waals surface area contributed by atoms with Crippen LogP contribution in [0.15, 0.2) is 114 Å². The number of aromatic amines is 1. The lowest BCUT2D eigenvalue weighted by atomic mass is 10.1. The fourth-order valence-corrected chi connectivity index (χ4v) is 3.89. The molecule has 5 rings (SSSR count). The summed E-state index contributed by atoms with van der Waals surface area (Å²) in [4.78, 5) is 20.9. The Kier molecular flexibility index (Phi) is 6.10. The number of amides is 1. The Morgan fingerprint density at radius 1 is 0.794 bits per heavy atom. The Balaban J connectivity index is 1.46. The zero-order valence-corrected chi connectivity index (χ0v) is 18.9. The minimum atomic E-state index is -0.309. The van der Waals surface area contributed by atoms with E-state index in [0.717, 1.165) is 33.4 Å². The molecule has 0 fully saturated rings. The number of aromatic nitrogens is 1. The molecule has 3 N–H and O–H groups in total. The number of carbonyl (C=O) groups is 1. The van der Waals surface area contributed by atoms with E-state index in [9.17, 15) is 4.79 Å². The molecule has 6 heteroatoms. The van der Waals surface area contributed by atoms with Gasteiger partial charge in [0.1, 0.15) is 0 Å². The zero-order valence-electron chi connectivity index (χ0n) is 18.1.